The Bertz CT molecular complexity index is 613. The van der Waals surface area contributed by atoms with Crippen molar-refractivity contribution in [3.63, 3.8) is 0 Å². The van der Waals surface area contributed by atoms with Crippen LogP contribution in [0.3, 0.4) is 0 Å². The predicted molar refractivity (Wildman–Crippen MR) is 68.1 cm³/mol. The van der Waals surface area contributed by atoms with Gasteiger partial charge in [-0.3, -0.25) is 4.79 Å². The van der Waals surface area contributed by atoms with Crippen LogP contribution < -0.4 is 4.72 Å². The maximum Gasteiger partial charge on any atom is 0.417 e. The van der Waals surface area contributed by atoms with Crippen molar-refractivity contribution in [1.82, 2.24) is 4.72 Å². The lowest BCUT2D eigenvalue weighted by Crippen LogP contribution is -2.41. The van der Waals surface area contributed by atoms with Gasteiger partial charge < -0.3 is 5.11 Å². The fourth-order valence-electron chi connectivity index (χ4n) is 1.71. The van der Waals surface area contributed by atoms with E-state index in [0.29, 0.717) is 12.5 Å². The lowest BCUT2D eigenvalue weighted by atomic mass is 10.2. The van der Waals surface area contributed by atoms with E-state index in [1.54, 1.807) is 11.6 Å². The van der Waals surface area contributed by atoms with Crippen molar-refractivity contribution in [2.75, 3.05) is 0 Å². The van der Waals surface area contributed by atoms with E-state index < -0.39 is 38.7 Å². The molecule has 0 saturated carbocycles. The number of benzene rings is 1. The lowest BCUT2D eigenvalue weighted by molar-refractivity contribution is -0.140. The molecule has 0 aromatic heterocycles. The quantitative estimate of drug-likeness (QED) is 0.840. The van der Waals surface area contributed by atoms with Gasteiger partial charge in [0.15, 0.2) is 0 Å². The van der Waals surface area contributed by atoms with Gasteiger partial charge in [-0.1, -0.05) is 25.5 Å². The second-order valence-electron chi connectivity index (χ2n) is 4.29. The minimum atomic E-state index is -4.85. The molecule has 0 fully saturated rings. The van der Waals surface area contributed by atoms with E-state index in [2.05, 4.69) is 0 Å². The largest absolute Gasteiger partial charge is 0.480 e. The zero-order valence-corrected chi connectivity index (χ0v) is 11.8. The summed E-state index contributed by atoms with van der Waals surface area (Å²) < 4.78 is 64.3. The van der Waals surface area contributed by atoms with Gasteiger partial charge in [0.2, 0.25) is 10.0 Å². The molecular weight excluding hydrogens is 311 g/mol. The van der Waals surface area contributed by atoms with Gasteiger partial charge in [-0.25, -0.2) is 8.42 Å². The highest BCUT2D eigenvalue weighted by Crippen LogP contribution is 2.33. The normalized spacial score (nSPS) is 13.9. The zero-order chi connectivity index (χ0) is 16.3. The van der Waals surface area contributed by atoms with E-state index in [-0.39, 0.29) is 6.42 Å². The van der Waals surface area contributed by atoms with Crippen molar-refractivity contribution in [1.29, 1.82) is 0 Å². The molecule has 0 bridgehead atoms. The average Bonchev–Trinajstić information content (AvgIpc) is 2.37. The molecule has 2 N–H and O–H groups in total. The molecule has 0 aliphatic heterocycles. The molecule has 0 aliphatic carbocycles. The van der Waals surface area contributed by atoms with Crippen LogP contribution in [0.4, 0.5) is 13.2 Å². The molecule has 9 heteroatoms. The summed E-state index contributed by atoms with van der Waals surface area (Å²) >= 11 is 0. The highest BCUT2D eigenvalue weighted by Gasteiger charge is 2.37. The Morgan fingerprint density at radius 2 is 1.90 bits per heavy atom. The molecule has 1 aromatic rings. The molecule has 0 radical (unpaired) electrons. The summed E-state index contributed by atoms with van der Waals surface area (Å²) in [5, 5.41) is 8.89. The molecule has 0 aliphatic rings. The first kappa shape index (κ1) is 17.4. The monoisotopic (exact) mass is 325 g/mol. The highest BCUT2D eigenvalue weighted by molar-refractivity contribution is 7.89. The van der Waals surface area contributed by atoms with Gasteiger partial charge in [-0.15, -0.1) is 0 Å². The molecule has 1 aromatic carbocycles. The minimum Gasteiger partial charge on any atom is -0.480 e. The molecule has 118 valence electrons. The number of aliphatic carboxylic acids is 1. The Morgan fingerprint density at radius 1 is 1.33 bits per heavy atom. The minimum absolute atomic E-state index is 0.0251. The second-order valence-corrected chi connectivity index (χ2v) is 5.98. The fraction of sp³-hybridized carbons (Fsp3) is 0.417. The Balaban J connectivity index is 3.23. The Hall–Kier alpha value is -1.61. The number of carboxylic acids is 1. The first-order chi connectivity index (χ1) is 9.59. The molecule has 0 unspecified atom stereocenters. The number of nitrogens with one attached hydrogen (secondary N) is 1. The summed E-state index contributed by atoms with van der Waals surface area (Å²) in [5.74, 6) is -1.44. The predicted octanol–water partition coefficient (Wildman–Crippen LogP) is 2.24. The third-order valence-corrected chi connectivity index (χ3v) is 4.18. The Labute approximate surface area is 119 Å². The van der Waals surface area contributed by atoms with Crippen LogP contribution in [0.2, 0.25) is 0 Å². The van der Waals surface area contributed by atoms with Crippen molar-refractivity contribution in [3.05, 3.63) is 29.8 Å². The van der Waals surface area contributed by atoms with E-state index in [4.69, 9.17) is 5.11 Å². The van der Waals surface area contributed by atoms with E-state index in [0.717, 1.165) is 18.2 Å². The number of carboxylic acid groups (broad SMARTS) is 1. The van der Waals surface area contributed by atoms with Gasteiger partial charge in [-0.2, -0.15) is 17.9 Å². The molecule has 0 heterocycles. The molecule has 5 nitrogen and oxygen atoms in total. The maximum absolute atomic E-state index is 12.8. The van der Waals surface area contributed by atoms with Gasteiger partial charge in [0.1, 0.15) is 6.04 Å². The van der Waals surface area contributed by atoms with Crippen molar-refractivity contribution >= 4 is 16.0 Å². The standard InChI is InChI=1S/C12H14F3NO4S/c1-2-5-9(11(17)18)16-21(19,20)10-7-4-3-6-8(10)12(13,14)15/h3-4,6-7,9,16H,2,5H2,1H3,(H,17,18)/t9-/m1/s1. The number of rotatable bonds is 6. The molecule has 1 atom stereocenters. The average molecular weight is 325 g/mol. The summed E-state index contributed by atoms with van der Waals surface area (Å²) in [6, 6.07) is 2.14. The smallest absolute Gasteiger partial charge is 0.417 e. The summed E-state index contributed by atoms with van der Waals surface area (Å²) in [4.78, 5) is 9.94. The Morgan fingerprint density at radius 3 is 2.38 bits per heavy atom. The first-order valence-corrected chi connectivity index (χ1v) is 7.49. The highest BCUT2D eigenvalue weighted by atomic mass is 32.2. The van der Waals surface area contributed by atoms with E-state index in [1.807, 2.05) is 0 Å². The maximum atomic E-state index is 12.8. The van der Waals surface area contributed by atoms with Crippen molar-refractivity contribution in [3.8, 4) is 0 Å². The van der Waals surface area contributed by atoms with Crippen LogP contribution in [-0.2, 0) is 21.0 Å². The number of alkyl halides is 3. The van der Waals surface area contributed by atoms with Crippen LogP contribution in [-0.4, -0.2) is 25.5 Å². The van der Waals surface area contributed by atoms with Crippen molar-refractivity contribution in [2.45, 2.75) is 36.9 Å². The van der Waals surface area contributed by atoms with Gasteiger partial charge >= 0.3 is 12.1 Å². The summed E-state index contributed by atoms with van der Waals surface area (Å²) in [5.41, 5.74) is -1.34. The number of halogens is 3. The topological polar surface area (TPSA) is 83.5 Å². The first-order valence-electron chi connectivity index (χ1n) is 6.01. The van der Waals surface area contributed by atoms with Gasteiger partial charge in [0.05, 0.1) is 10.5 Å². The van der Waals surface area contributed by atoms with E-state index in [9.17, 15) is 26.4 Å². The SMILES string of the molecule is CCC[C@@H](NS(=O)(=O)c1ccccc1C(F)(F)F)C(=O)O. The summed E-state index contributed by atoms with van der Waals surface area (Å²) in [7, 11) is -4.59. The van der Waals surface area contributed by atoms with Crippen molar-refractivity contribution in [2.24, 2.45) is 0 Å². The molecule has 21 heavy (non-hydrogen) atoms. The molecular formula is C12H14F3NO4S. The summed E-state index contributed by atoms with van der Waals surface area (Å²) in [6.45, 7) is 1.63. The third-order valence-electron chi connectivity index (χ3n) is 2.65. The number of carbonyl (C=O) groups is 1. The van der Waals surface area contributed by atoms with Crippen LogP contribution in [0.5, 0.6) is 0 Å². The third kappa shape index (κ3) is 4.43. The molecule has 1 rings (SSSR count). The number of hydrogen-bond donors (Lipinski definition) is 2. The van der Waals surface area contributed by atoms with Crippen LogP contribution in [0.1, 0.15) is 25.3 Å². The number of hydrogen-bond acceptors (Lipinski definition) is 3. The van der Waals surface area contributed by atoms with Gasteiger partial charge in [0.25, 0.3) is 0 Å². The van der Waals surface area contributed by atoms with Gasteiger partial charge in [0, 0.05) is 0 Å². The fourth-order valence-corrected chi connectivity index (χ4v) is 3.16. The molecule has 0 spiro atoms. The molecule has 0 amide bonds. The lowest BCUT2D eigenvalue weighted by Gasteiger charge is -2.17. The van der Waals surface area contributed by atoms with Crippen LogP contribution in [0.25, 0.3) is 0 Å². The van der Waals surface area contributed by atoms with Crippen LogP contribution >= 0.6 is 0 Å². The van der Waals surface area contributed by atoms with E-state index >= 15 is 0 Å². The zero-order valence-electron chi connectivity index (χ0n) is 11.0. The summed E-state index contributed by atoms with van der Waals surface area (Å²) in [6.07, 6.45) is -4.52. The van der Waals surface area contributed by atoms with Gasteiger partial charge in [-0.05, 0) is 18.6 Å². The molecule has 0 saturated heterocycles. The van der Waals surface area contributed by atoms with Crippen LogP contribution in [0, 0.1) is 0 Å². The van der Waals surface area contributed by atoms with Crippen LogP contribution in [0.15, 0.2) is 29.2 Å². The Kier molecular flexibility index (Phi) is 5.35. The van der Waals surface area contributed by atoms with E-state index in [1.165, 1.54) is 0 Å². The second kappa shape index (κ2) is 6.44. The number of sulfonamides is 1. The van der Waals surface area contributed by atoms with Crippen molar-refractivity contribution < 1.29 is 31.5 Å².